The molecule has 2 unspecified atom stereocenters. The molecule has 8 heterocycles. The van der Waals surface area contributed by atoms with E-state index in [1.165, 1.54) is 5.56 Å². The lowest BCUT2D eigenvalue weighted by atomic mass is 9.96. The second-order valence-corrected chi connectivity index (χ2v) is 15.1. The first-order valence-electron chi connectivity index (χ1n) is 19.4. The summed E-state index contributed by atoms with van der Waals surface area (Å²) in [6.07, 6.45) is 17.5. The molecule has 2 atom stereocenters. The van der Waals surface area contributed by atoms with E-state index in [1.807, 2.05) is 49.6 Å². The Balaban J connectivity index is 0.889. The minimum Gasteiger partial charge on any atom is -0.456 e. The second kappa shape index (κ2) is 11.8. The zero-order chi connectivity index (χ0) is 37.9. The van der Waals surface area contributed by atoms with Gasteiger partial charge >= 0.3 is 0 Å². The van der Waals surface area contributed by atoms with Crippen LogP contribution in [0.5, 0.6) is 0 Å². The first-order valence-corrected chi connectivity index (χ1v) is 19.4. The van der Waals surface area contributed by atoms with Gasteiger partial charge in [0.1, 0.15) is 22.3 Å². The molecule has 0 aliphatic carbocycles. The van der Waals surface area contributed by atoms with Crippen molar-refractivity contribution in [3.63, 3.8) is 0 Å². The number of benzene rings is 5. The number of aromatic nitrogens is 4. The topological polar surface area (TPSA) is 85.5 Å². The van der Waals surface area contributed by atoms with Crippen molar-refractivity contribution in [3.05, 3.63) is 170 Å². The van der Waals surface area contributed by atoms with E-state index >= 15 is 0 Å². The van der Waals surface area contributed by atoms with E-state index < -0.39 is 0 Å². The molecule has 0 saturated heterocycles. The van der Waals surface area contributed by atoms with Crippen molar-refractivity contribution in [1.29, 1.82) is 0 Å². The zero-order valence-corrected chi connectivity index (χ0v) is 30.8. The normalized spacial score (nSPS) is 16.1. The minimum absolute atomic E-state index is 0.141. The molecule has 6 aromatic heterocycles. The highest BCUT2D eigenvalue weighted by Gasteiger charge is 2.38. The van der Waals surface area contributed by atoms with Crippen LogP contribution in [-0.4, -0.2) is 31.8 Å². The molecule has 8 heteroatoms. The summed E-state index contributed by atoms with van der Waals surface area (Å²) in [5, 5.41) is 6.47. The number of hydrogen-bond donors (Lipinski definition) is 0. The van der Waals surface area contributed by atoms with E-state index in [2.05, 4.69) is 151 Å². The number of pyridine rings is 3. The van der Waals surface area contributed by atoms with Crippen LogP contribution in [0.1, 0.15) is 11.5 Å². The van der Waals surface area contributed by atoms with Crippen molar-refractivity contribution in [2.45, 2.75) is 12.0 Å². The lowest BCUT2D eigenvalue weighted by molar-refractivity contribution is 0.668. The van der Waals surface area contributed by atoms with Gasteiger partial charge in [-0.05, 0) is 113 Å². The van der Waals surface area contributed by atoms with Gasteiger partial charge in [-0.15, -0.1) is 0 Å². The summed E-state index contributed by atoms with van der Waals surface area (Å²) in [4.78, 5) is 20.1. The Morgan fingerprint density at radius 2 is 1.03 bits per heavy atom. The van der Waals surface area contributed by atoms with Gasteiger partial charge < -0.3 is 18.3 Å². The van der Waals surface area contributed by atoms with E-state index in [0.717, 1.165) is 105 Å². The van der Waals surface area contributed by atoms with Crippen molar-refractivity contribution in [3.8, 4) is 27.9 Å². The number of anilines is 2. The molecule has 0 amide bonds. The molecule has 0 radical (unpaired) electrons. The van der Waals surface area contributed by atoms with Crippen LogP contribution in [0, 0.1) is 0 Å². The highest BCUT2D eigenvalue weighted by Crippen LogP contribution is 2.47. The molecular weight excluding hydrogens is 717 g/mol. The van der Waals surface area contributed by atoms with Gasteiger partial charge in [0, 0.05) is 110 Å². The molecule has 0 N–H and O–H groups in total. The Kier molecular flexibility index (Phi) is 6.40. The fourth-order valence-corrected chi connectivity index (χ4v) is 9.39. The van der Waals surface area contributed by atoms with E-state index in [0.29, 0.717) is 0 Å². The summed E-state index contributed by atoms with van der Waals surface area (Å²) in [5.41, 5.74) is 14.7. The summed E-state index contributed by atoms with van der Waals surface area (Å²) in [5.74, 6) is 0.164. The number of nitrogens with zero attached hydrogens (tertiary/aromatic N) is 6. The lowest BCUT2D eigenvalue weighted by Gasteiger charge is -2.28. The van der Waals surface area contributed by atoms with Crippen molar-refractivity contribution in [2.24, 2.45) is 4.99 Å². The average molecular weight is 747 g/mol. The Morgan fingerprint density at radius 3 is 1.71 bits per heavy atom. The third-order valence-corrected chi connectivity index (χ3v) is 12.1. The standard InChI is InChI=1S/C50H30N6O2/c1-2-29(31-4-8-47-35(21-31)37-23-33(6-10-49(37)57-47)55-43-12-16-51-25-39(43)40-26-52-17-13-44(40)55)20-30(3-1)32-5-9-48-36(22-32)38-24-34(7-11-50(38)58-48)56-45-14-18-53-27-41(45)42-28-54-19-15-46(42)56/h1-28,39,43H. The molecule has 0 saturated carbocycles. The Labute approximate surface area is 330 Å². The molecule has 0 fully saturated rings. The van der Waals surface area contributed by atoms with Crippen LogP contribution in [0.4, 0.5) is 11.4 Å². The molecule has 272 valence electrons. The maximum Gasteiger partial charge on any atom is 0.135 e. The summed E-state index contributed by atoms with van der Waals surface area (Å²) < 4.78 is 15.1. The molecule has 13 rings (SSSR count). The van der Waals surface area contributed by atoms with Crippen LogP contribution in [0.15, 0.2) is 179 Å². The van der Waals surface area contributed by atoms with Gasteiger partial charge in [-0.1, -0.05) is 30.3 Å². The molecule has 2 aliphatic heterocycles. The van der Waals surface area contributed by atoms with Crippen molar-refractivity contribution >= 4 is 83.3 Å². The SMILES string of the molecule is C1=CC2C(C=N1)c1cnccc1N2c1ccc2oc3ccc(-c4cccc(-c5ccc6oc7ccc(-n8c9ccncc9c9cnccc98)cc7c6c5)c4)cc3c2c1. The van der Waals surface area contributed by atoms with E-state index in [4.69, 9.17) is 8.83 Å². The van der Waals surface area contributed by atoms with Crippen LogP contribution < -0.4 is 4.90 Å². The Hall–Kier alpha value is -7.84. The van der Waals surface area contributed by atoms with Crippen LogP contribution in [0.3, 0.4) is 0 Å². The quantitative estimate of drug-likeness (QED) is 0.178. The summed E-state index contributed by atoms with van der Waals surface area (Å²) >= 11 is 0. The van der Waals surface area contributed by atoms with Gasteiger partial charge in [-0.3, -0.25) is 19.9 Å². The summed E-state index contributed by atoms with van der Waals surface area (Å²) in [7, 11) is 0. The van der Waals surface area contributed by atoms with E-state index in [-0.39, 0.29) is 12.0 Å². The van der Waals surface area contributed by atoms with Gasteiger partial charge in [-0.25, -0.2) is 0 Å². The van der Waals surface area contributed by atoms with E-state index in [9.17, 15) is 0 Å². The monoisotopic (exact) mass is 746 g/mol. The molecular formula is C50H30N6O2. The van der Waals surface area contributed by atoms with Crippen molar-refractivity contribution < 1.29 is 8.83 Å². The van der Waals surface area contributed by atoms with Crippen LogP contribution in [0.25, 0.3) is 93.6 Å². The molecule has 2 aliphatic rings. The lowest BCUT2D eigenvalue weighted by Crippen LogP contribution is -2.29. The highest BCUT2D eigenvalue weighted by atomic mass is 16.3. The zero-order valence-electron chi connectivity index (χ0n) is 30.8. The van der Waals surface area contributed by atoms with Crippen LogP contribution in [-0.2, 0) is 0 Å². The third-order valence-electron chi connectivity index (χ3n) is 12.1. The maximum absolute atomic E-state index is 6.39. The van der Waals surface area contributed by atoms with Crippen LogP contribution >= 0.6 is 0 Å². The molecule has 0 spiro atoms. The highest BCUT2D eigenvalue weighted by molar-refractivity contribution is 6.11. The van der Waals surface area contributed by atoms with Gasteiger partial charge in [0.25, 0.3) is 0 Å². The summed E-state index contributed by atoms with van der Waals surface area (Å²) in [6, 6.07) is 41.1. The minimum atomic E-state index is 0.141. The van der Waals surface area contributed by atoms with Crippen molar-refractivity contribution in [2.75, 3.05) is 4.90 Å². The fourth-order valence-electron chi connectivity index (χ4n) is 9.39. The molecule has 58 heavy (non-hydrogen) atoms. The largest absolute Gasteiger partial charge is 0.456 e. The smallest absolute Gasteiger partial charge is 0.135 e. The Morgan fingerprint density at radius 1 is 0.483 bits per heavy atom. The number of fused-ring (bicyclic) bond motifs is 12. The predicted octanol–water partition coefficient (Wildman–Crippen LogP) is 12.3. The molecule has 11 aromatic rings. The van der Waals surface area contributed by atoms with Gasteiger partial charge in [0.15, 0.2) is 0 Å². The number of aliphatic imine (C=N–C) groups is 1. The first-order chi connectivity index (χ1) is 28.7. The molecule has 8 nitrogen and oxygen atoms in total. The van der Waals surface area contributed by atoms with Gasteiger partial charge in [0.05, 0.1) is 17.1 Å². The van der Waals surface area contributed by atoms with E-state index in [1.54, 1.807) is 0 Å². The maximum atomic E-state index is 6.39. The second-order valence-electron chi connectivity index (χ2n) is 15.1. The predicted molar refractivity (Wildman–Crippen MR) is 232 cm³/mol. The summed E-state index contributed by atoms with van der Waals surface area (Å²) in [6.45, 7) is 0. The van der Waals surface area contributed by atoms with Crippen LogP contribution in [0.2, 0.25) is 0 Å². The molecule has 5 aromatic carbocycles. The first kappa shape index (κ1) is 31.4. The number of hydrogen-bond acceptors (Lipinski definition) is 7. The van der Waals surface area contributed by atoms with Crippen molar-refractivity contribution in [1.82, 2.24) is 19.5 Å². The number of rotatable bonds is 4. The number of furan rings is 2. The fraction of sp³-hybridized carbons (Fsp3) is 0.0400. The van der Waals surface area contributed by atoms with Gasteiger partial charge in [0.2, 0.25) is 0 Å². The molecule has 0 bridgehead atoms. The third kappa shape index (κ3) is 4.51. The average Bonchev–Trinajstić information content (AvgIpc) is 4.03. The van der Waals surface area contributed by atoms with Gasteiger partial charge in [-0.2, -0.15) is 0 Å². The Bertz CT molecular complexity index is 3520.